The van der Waals surface area contributed by atoms with Gasteiger partial charge in [-0.3, -0.25) is 4.79 Å². The molecule has 0 bridgehead atoms. The standard InChI is InChI=1S/C16H21ClO4S/c1-12(2)21-15(18)16(10-4-3-5-11-16)22(19,20)14-8-6-13(17)7-9-14/h6-9,12H,3-5,10-11H2,1-2H3. The van der Waals surface area contributed by atoms with Gasteiger partial charge in [-0.25, -0.2) is 8.42 Å². The highest BCUT2D eigenvalue weighted by molar-refractivity contribution is 7.93. The lowest BCUT2D eigenvalue weighted by Gasteiger charge is -2.34. The zero-order valence-corrected chi connectivity index (χ0v) is 14.4. The molecule has 1 fully saturated rings. The fourth-order valence-corrected chi connectivity index (χ4v) is 5.03. The lowest BCUT2D eigenvalue weighted by molar-refractivity contribution is -0.151. The van der Waals surface area contributed by atoms with Gasteiger partial charge in [-0.05, 0) is 51.0 Å². The highest BCUT2D eigenvalue weighted by Crippen LogP contribution is 2.40. The molecule has 0 unspecified atom stereocenters. The smallest absolute Gasteiger partial charge is 0.328 e. The molecular formula is C16H21ClO4S. The van der Waals surface area contributed by atoms with Crippen molar-refractivity contribution in [2.75, 3.05) is 0 Å². The van der Waals surface area contributed by atoms with Crippen molar-refractivity contribution >= 4 is 27.4 Å². The predicted octanol–water partition coefficient (Wildman–Crippen LogP) is 3.77. The molecule has 0 radical (unpaired) electrons. The predicted molar refractivity (Wildman–Crippen MR) is 85.7 cm³/mol. The van der Waals surface area contributed by atoms with Crippen LogP contribution < -0.4 is 0 Å². The Labute approximate surface area is 136 Å². The molecule has 0 heterocycles. The van der Waals surface area contributed by atoms with Crippen LogP contribution in [0.4, 0.5) is 0 Å². The SMILES string of the molecule is CC(C)OC(=O)C1(S(=O)(=O)c2ccc(Cl)cc2)CCCCC1. The van der Waals surface area contributed by atoms with Crippen LogP contribution in [0.15, 0.2) is 29.2 Å². The third kappa shape index (κ3) is 3.15. The molecule has 1 aliphatic carbocycles. The van der Waals surface area contributed by atoms with Gasteiger partial charge in [0.05, 0.1) is 11.0 Å². The molecule has 122 valence electrons. The third-order valence-electron chi connectivity index (χ3n) is 4.01. The number of hydrogen-bond acceptors (Lipinski definition) is 4. The average Bonchev–Trinajstić information content (AvgIpc) is 2.47. The van der Waals surface area contributed by atoms with E-state index in [0.717, 1.165) is 6.42 Å². The van der Waals surface area contributed by atoms with E-state index in [1.165, 1.54) is 24.3 Å². The Bertz CT molecular complexity index is 629. The van der Waals surface area contributed by atoms with Gasteiger partial charge in [-0.15, -0.1) is 0 Å². The average molecular weight is 345 g/mol. The Morgan fingerprint density at radius 2 is 1.68 bits per heavy atom. The molecule has 0 atom stereocenters. The first-order valence-electron chi connectivity index (χ1n) is 7.51. The van der Waals surface area contributed by atoms with Crippen molar-refractivity contribution in [3.05, 3.63) is 29.3 Å². The van der Waals surface area contributed by atoms with Crippen molar-refractivity contribution in [1.29, 1.82) is 0 Å². The Morgan fingerprint density at radius 1 is 1.14 bits per heavy atom. The summed E-state index contributed by atoms with van der Waals surface area (Å²) in [4.78, 5) is 12.7. The van der Waals surface area contributed by atoms with Crippen LogP contribution in [0.3, 0.4) is 0 Å². The minimum absolute atomic E-state index is 0.125. The van der Waals surface area contributed by atoms with Gasteiger partial charge in [0.25, 0.3) is 0 Å². The molecule has 1 saturated carbocycles. The van der Waals surface area contributed by atoms with Crippen LogP contribution in [-0.4, -0.2) is 25.2 Å². The molecule has 0 aliphatic heterocycles. The summed E-state index contributed by atoms with van der Waals surface area (Å²) in [7, 11) is -3.82. The van der Waals surface area contributed by atoms with Crippen LogP contribution in [0.2, 0.25) is 5.02 Å². The van der Waals surface area contributed by atoms with Crippen molar-refractivity contribution in [3.63, 3.8) is 0 Å². The van der Waals surface area contributed by atoms with Crippen molar-refractivity contribution in [2.45, 2.75) is 61.7 Å². The maximum absolute atomic E-state index is 13.1. The molecule has 2 rings (SSSR count). The molecular weight excluding hydrogens is 324 g/mol. The quantitative estimate of drug-likeness (QED) is 0.780. The van der Waals surface area contributed by atoms with Gasteiger partial charge >= 0.3 is 5.97 Å². The lowest BCUT2D eigenvalue weighted by Crippen LogP contribution is -2.49. The highest BCUT2D eigenvalue weighted by atomic mass is 35.5. The van der Waals surface area contributed by atoms with E-state index in [1.807, 2.05) is 0 Å². The van der Waals surface area contributed by atoms with Gasteiger partial charge in [0.15, 0.2) is 14.6 Å². The summed E-state index contributed by atoms with van der Waals surface area (Å²) in [6.45, 7) is 3.45. The van der Waals surface area contributed by atoms with Gasteiger partial charge in [0.1, 0.15) is 0 Å². The first kappa shape index (κ1) is 17.3. The summed E-state index contributed by atoms with van der Waals surface area (Å²) >= 11 is 5.83. The normalized spacial score (nSPS) is 18.2. The molecule has 0 spiro atoms. The zero-order chi connectivity index (χ0) is 16.4. The minimum Gasteiger partial charge on any atom is -0.462 e. The lowest BCUT2D eigenvalue weighted by atomic mass is 9.88. The first-order valence-corrected chi connectivity index (χ1v) is 9.37. The van der Waals surface area contributed by atoms with Crippen LogP contribution >= 0.6 is 11.6 Å². The summed E-state index contributed by atoms with van der Waals surface area (Å²) in [6.07, 6.45) is 2.63. The van der Waals surface area contributed by atoms with Crippen LogP contribution in [0.25, 0.3) is 0 Å². The number of sulfone groups is 1. The number of halogens is 1. The number of carbonyl (C=O) groups excluding carboxylic acids is 1. The number of esters is 1. The Balaban J connectivity index is 2.48. The van der Waals surface area contributed by atoms with E-state index >= 15 is 0 Å². The fraction of sp³-hybridized carbons (Fsp3) is 0.562. The summed E-state index contributed by atoms with van der Waals surface area (Å²) in [5, 5.41) is 0.460. The van der Waals surface area contributed by atoms with E-state index in [1.54, 1.807) is 13.8 Å². The van der Waals surface area contributed by atoms with E-state index in [4.69, 9.17) is 16.3 Å². The molecule has 6 heteroatoms. The maximum Gasteiger partial charge on any atom is 0.328 e. The van der Waals surface area contributed by atoms with Crippen molar-refractivity contribution in [1.82, 2.24) is 0 Å². The van der Waals surface area contributed by atoms with Crippen LogP contribution in [-0.2, 0) is 19.4 Å². The van der Waals surface area contributed by atoms with Crippen molar-refractivity contribution in [2.24, 2.45) is 0 Å². The molecule has 0 aromatic heterocycles. The van der Waals surface area contributed by atoms with Gasteiger partial charge in [-0.1, -0.05) is 30.9 Å². The van der Waals surface area contributed by atoms with Crippen LogP contribution in [0.5, 0.6) is 0 Å². The van der Waals surface area contributed by atoms with E-state index in [9.17, 15) is 13.2 Å². The summed E-state index contributed by atoms with van der Waals surface area (Å²) in [6, 6.07) is 5.96. The molecule has 4 nitrogen and oxygen atoms in total. The molecule has 0 N–H and O–H groups in total. The zero-order valence-electron chi connectivity index (χ0n) is 12.8. The Hall–Kier alpha value is -1.07. The van der Waals surface area contributed by atoms with E-state index in [0.29, 0.717) is 30.7 Å². The maximum atomic E-state index is 13.1. The number of hydrogen-bond donors (Lipinski definition) is 0. The molecule has 1 aromatic carbocycles. The first-order chi connectivity index (χ1) is 10.3. The largest absolute Gasteiger partial charge is 0.462 e. The van der Waals surface area contributed by atoms with Crippen molar-refractivity contribution < 1.29 is 17.9 Å². The van der Waals surface area contributed by atoms with E-state index in [2.05, 4.69) is 0 Å². The monoisotopic (exact) mass is 344 g/mol. The minimum atomic E-state index is -3.82. The van der Waals surface area contributed by atoms with Crippen LogP contribution in [0, 0.1) is 0 Å². The van der Waals surface area contributed by atoms with E-state index in [-0.39, 0.29) is 11.0 Å². The summed E-state index contributed by atoms with van der Waals surface area (Å²) in [5.74, 6) is -0.628. The topological polar surface area (TPSA) is 60.4 Å². The number of rotatable bonds is 4. The Kier molecular flexibility index (Phi) is 5.17. The molecule has 22 heavy (non-hydrogen) atoms. The second-order valence-corrected chi connectivity index (χ2v) is 8.66. The fourth-order valence-electron chi connectivity index (χ4n) is 2.87. The summed E-state index contributed by atoms with van der Waals surface area (Å²) in [5.41, 5.74) is 0. The Morgan fingerprint density at radius 3 is 2.18 bits per heavy atom. The van der Waals surface area contributed by atoms with E-state index < -0.39 is 20.6 Å². The second kappa shape index (κ2) is 6.59. The number of benzene rings is 1. The third-order valence-corrected chi connectivity index (χ3v) is 6.76. The van der Waals surface area contributed by atoms with Gasteiger partial charge < -0.3 is 4.74 Å². The number of ether oxygens (including phenoxy) is 1. The second-order valence-electron chi connectivity index (χ2n) is 5.97. The van der Waals surface area contributed by atoms with Gasteiger partial charge in [-0.2, -0.15) is 0 Å². The number of carbonyl (C=O) groups is 1. The van der Waals surface area contributed by atoms with Crippen molar-refractivity contribution in [3.8, 4) is 0 Å². The van der Waals surface area contributed by atoms with Gasteiger partial charge in [0, 0.05) is 5.02 Å². The molecule has 0 amide bonds. The molecule has 0 saturated heterocycles. The van der Waals surface area contributed by atoms with Gasteiger partial charge in [0.2, 0.25) is 0 Å². The van der Waals surface area contributed by atoms with Crippen LogP contribution in [0.1, 0.15) is 46.0 Å². The molecule has 1 aliphatic rings. The molecule has 1 aromatic rings. The highest BCUT2D eigenvalue weighted by Gasteiger charge is 2.53. The summed E-state index contributed by atoms with van der Waals surface area (Å²) < 4.78 is 30.0.